The average molecular weight is 354 g/mol. The molecule has 0 saturated heterocycles. The smallest absolute Gasteiger partial charge is 0.198 e. The van der Waals surface area contributed by atoms with Gasteiger partial charge in [-0.15, -0.1) is 5.10 Å². The molecule has 3 aromatic rings. The number of ketones is 1. The molecule has 0 aliphatic rings. The number of halogens is 1. The molecule has 2 aromatic carbocycles. The average Bonchev–Trinajstić information content (AvgIpc) is 3.10. The van der Waals surface area contributed by atoms with E-state index in [1.165, 1.54) is 4.68 Å². The van der Waals surface area contributed by atoms with Crippen molar-refractivity contribution < 1.29 is 4.79 Å². The third kappa shape index (κ3) is 3.75. The first-order chi connectivity index (χ1) is 12.1. The molecule has 7 heteroatoms. The van der Waals surface area contributed by atoms with Crippen molar-refractivity contribution >= 4 is 23.0 Å². The molecule has 25 heavy (non-hydrogen) atoms. The van der Waals surface area contributed by atoms with Crippen LogP contribution in [0.1, 0.15) is 16.2 Å². The van der Waals surface area contributed by atoms with Gasteiger partial charge in [-0.2, -0.15) is 4.68 Å². The van der Waals surface area contributed by atoms with Gasteiger partial charge in [-0.3, -0.25) is 4.79 Å². The molecule has 0 unspecified atom stereocenters. The number of carbonyl (C=O) groups excluding carboxylic acids is 1. The van der Waals surface area contributed by atoms with Crippen molar-refractivity contribution in [1.82, 2.24) is 25.1 Å². The lowest BCUT2D eigenvalue weighted by Crippen LogP contribution is -2.13. The maximum absolute atomic E-state index is 13.0. The van der Waals surface area contributed by atoms with E-state index < -0.39 is 0 Å². The first kappa shape index (κ1) is 16.9. The molecule has 0 radical (unpaired) electrons. The number of allylic oxidation sites excluding steroid dienone is 1. The molecule has 3 rings (SSSR count). The third-order valence-electron chi connectivity index (χ3n) is 3.45. The van der Waals surface area contributed by atoms with E-state index in [0.717, 1.165) is 5.69 Å². The molecule has 6 nitrogen and oxygen atoms in total. The topological polar surface area (TPSA) is 63.9 Å². The highest BCUT2D eigenvalue weighted by molar-refractivity contribution is 6.30. The van der Waals surface area contributed by atoms with E-state index in [1.807, 2.05) is 32.3 Å². The van der Waals surface area contributed by atoms with Gasteiger partial charge in [0.25, 0.3) is 0 Å². The summed E-state index contributed by atoms with van der Waals surface area (Å²) in [4.78, 5) is 14.8. The highest BCUT2D eigenvalue weighted by Crippen LogP contribution is 2.21. The van der Waals surface area contributed by atoms with Gasteiger partial charge in [-0.1, -0.05) is 41.9 Å². The largest absolute Gasteiger partial charge is 0.383 e. The van der Waals surface area contributed by atoms with Crippen LogP contribution in [-0.2, 0) is 0 Å². The number of carbonyl (C=O) groups is 1. The van der Waals surface area contributed by atoms with Crippen LogP contribution in [-0.4, -0.2) is 45.0 Å². The lowest BCUT2D eigenvalue weighted by atomic mass is 10.0. The molecule has 0 spiro atoms. The highest BCUT2D eigenvalue weighted by atomic mass is 35.5. The van der Waals surface area contributed by atoms with Crippen LogP contribution < -0.4 is 0 Å². The van der Waals surface area contributed by atoms with E-state index >= 15 is 0 Å². The minimum absolute atomic E-state index is 0.153. The third-order valence-corrected chi connectivity index (χ3v) is 3.70. The van der Waals surface area contributed by atoms with Gasteiger partial charge in [0, 0.05) is 30.9 Å². The van der Waals surface area contributed by atoms with Crippen LogP contribution in [0.3, 0.4) is 0 Å². The summed E-state index contributed by atoms with van der Waals surface area (Å²) < 4.78 is 1.52. The Morgan fingerprint density at radius 3 is 2.40 bits per heavy atom. The Morgan fingerprint density at radius 2 is 1.76 bits per heavy atom. The summed E-state index contributed by atoms with van der Waals surface area (Å²) in [5, 5.41) is 12.4. The number of hydrogen-bond acceptors (Lipinski definition) is 5. The van der Waals surface area contributed by atoms with Crippen molar-refractivity contribution in [2.45, 2.75) is 0 Å². The highest BCUT2D eigenvalue weighted by Gasteiger charge is 2.21. The Balaban J connectivity index is 2.09. The summed E-state index contributed by atoms with van der Waals surface area (Å²) >= 11 is 5.94. The van der Waals surface area contributed by atoms with Gasteiger partial charge in [0.2, 0.25) is 0 Å². The van der Waals surface area contributed by atoms with Crippen molar-refractivity contribution in [1.29, 1.82) is 0 Å². The van der Waals surface area contributed by atoms with E-state index in [9.17, 15) is 4.79 Å². The van der Waals surface area contributed by atoms with Gasteiger partial charge in [-0.05, 0) is 34.7 Å². The Bertz CT molecular complexity index is 901. The molecule has 0 amide bonds. The monoisotopic (exact) mass is 353 g/mol. The van der Waals surface area contributed by atoms with E-state index in [4.69, 9.17) is 11.6 Å². The Labute approximate surface area is 150 Å². The second-order valence-electron chi connectivity index (χ2n) is 5.59. The summed E-state index contributed by atoms with van der Waals surface area (Å²) in [5.41, 5.74) is 1.69. The van der Waals surface area contributed by atoms with Crippen LogP contribution in [0.15, 0.2) is 60.8 Å². The zero-order valence-electron chi connectivity index (χ0n) is 13.8. The van der Waals surface area contributed by atoms with Gasteiger partial charge < -0.3 is 4.90 Å². The molecule has 0 aliphatic heterocycles. The molecule has 1 heterocycles. The number of nitrogens with zero attached hydrogens (tertiary/aromatic N) is 5. The quantitative estimate of drug-likeness (QED) is 0.521. The normalized spacial score (nSPS) is 11.4. The summed E-state index contributed by atoms with van der Waals surface area (Å²) in [6.45, 7) is 0. The van der Waals surface area contributed by atoms with Crippen LogP contribution in [0.25, 0.3) is 11.3 Å². The summed E-state index contributed by atoms with van der Waals surface area (Å²) in [6, 6.07) is 16.1. The summed E-state index contributed by atoms with van der Waals surface area (Å²) in [6.07, 6.45) is 1.72. The van der Waals surface area contributed by atoms with Crippen LogP contribution in [0.2, 0.25) is 5.02 Å². The predicted molar refractivity (Wildman–Crippen MR) is 96.6 cm³/mol. The fourth-order valence-electron chi connectivity index (χ4n) is 2.33. The van der Waals surface area contributed by atoms with Crippen LogP contribution in [0.5, 0.6) is 0 Å². The van der Waals surface area contributed by atoms with Gasteiger partial charge >= 0.3 is 0 Å². The fraction of sp³-hybridized carbons (Fsp3) is 0.111. The van der Waals surface area contributed by atoms with Gasteiger partial charge in [0.1, 0.15) is 0 Å². The maximum Gasteiger partial charge on any atom is 0.198 e. The second-order valence-corrected chi connectivity index (χ2v) is 6.03. The lowest BCUT2D eigenvalue weighted by molar-refractivity contribution is 0.105. The number of benzene rings is 2. The molecule has 0 saturated carbocycles. The molecule has 0 fully saturated rings. The zero-order chi connectivity index (χ0) is 17.8. The number of aromatic nitrogens is 4. The van der Waals surface area contributed by atoms with Crippen molar-refractivity contribution in [3.63, 3.8) is 0 Å². The zero-order valence-corrected chi connectivity index (χ0v) is 14.6. The number of tetrazole rings is 1. The van der Waals surface area contributed by atoms with Gasteiger partial charge in [0.15, 0.2) is 11.6 Å². The van der Waals surface area contributed by atoms with Crippen molar-refractivity contribution in [2.24, 2.45) is 0 Å². The molecule has 126 valence electrons. The van der Waals surface area contributed by atoms with Crippen LogP contribution in [0.4, 0.5) is 0 Å². The second kappa shape index (κ2) is 7.27. The molecule has 0 bridgehead atoms. The van der Waals surface area contributed by atoms with Crippen LogP contribution in [0, 0.1) is 0 Å². The van der Waals surface area contributed by atoms with Gasteiger partial charge in [-0.25, -0.2) is 0 Å². The predicted octanol–water partition coefficient (Wildman–Crippen LogP) is 3.10. The van der Waals surface area contributed by atoms with E-state index in [2.05, 4.69) is 15.5 Å². The van der Waals surface area contributed by atoms with E-state index in [-0.39, 0.29) is 5.78 Å². The molecular formula is C18H16ClN5O. The first-order valence-corrected chi connectivity index (χ1v) is 7.97. The summed E-state index contributed by atoms with van der Waals surface area (Å²) in [7, 11) is 3.68. The Morgan fingerprint density at radius 1 is 1.08 bits per heavy atom. The standard InChI is InChI=1S/C18H16ClN5O/c1-23(2)12-16(17(25)13-6-4-3-5-7-13)18-20-21-22-24(18)15-10-8-14(19)9-11-15/h3-12H,1-2H3/b16-12+. The van der Waals surface area contributed by atoms with Crippen molar-refractivity contribution in [2.75, 3.05) is 14.1 Å². The first-order valence-electron chi connectivity index (χ1n) is 7.59. The minimum Gasteiger partial charge on any atom is -0.383 e. The Kier molecular flexibility index (Phi) is 4.90. The SMILES string of the molecule is CN(C)/C=C(\C(=O)c1ccccc1)c1nnnn1-c1ccc(Cl)cc1. The van der Waals surface area contributed by atoms with Crippen LogP contribution >= 0.6 is 11.6 Å². The fourth-order valence-corrected chi connectivity index (χ4v) is 2.46. The maximum atomic E-state index is 13.0. The number of rotatable bonds is 5. The van der Waals surface area contributed by atoms with E-state index in [0.29, 0.717) is 22.0 Å². The summed E-state index contributed by atoms with van der Waals surface area (Å²) in [5.74, 6) is 0.212. The van der Waals surface area contributed by atoms with Gasteiger partial charge in [0.05, 0.1) is 11.3 Å². The molecule has 0 atom stereocenters. The number of Topliss-reactive ketones (excluding diaryl/α,β-unsaturated/α-hetero) is 1. The molecule has 1 aromatic heterocycles. The van der Waals surface area contributed by atoms with Crippen molar-refractivity contribution in [3.8, 4) is 5.69 Å². The molecule has 0 aliphatic carbocycles. The van der Waals surface area contributed by atoms with E-state index in [1.54, 1.807) is 47.5 Å². The minimum atomic E-state index is -0.153. The van der Waals surface area contributed by atoms with Crippen molar-refractivity contribution in [3.05, 3.63) is 77.2 Å². The molecule has 0 N–H and O–H groups in total. The molecular weight excluding hydrogens is 338 g/mol. The Hall–Kier alpha value is -2.99. The lowest BCUT2D eigenvalue weighted by Gasteiger charge is -2.12. The number of hydrogen-bond donors (Lipinski definition) is 0.